The van der Waals surface area contributed by atoms with E-state index >= 15 is 0 Å². The van der Waals surface area contributed by atoms with E-state index in [4.69, 9.17) is 39.5 Å². The minimum absolute atomic E-state index is 0.0552. The number of imide groups is 2. The van der Waals surface area contributed by atoms with Gasteiger partial charge in [-0.2, -0.15) is 0 Å². The van der Waals surface area contributed by atoms with Crippen LogP contribution in [0.4, 0.5) is 21.9 Å². The second-order valence-electron chi connectivity index (χ2n) is 7.49. The molecule has 3 aromatic rings. The number of rotatable bonds is 6. The highest BCUT2D eigenvalue weighted by Crippen LogP contribution is 2.41. The van der Waals surface area contributed by atoms with Crippen molar-refractivity contribution < 1.29 is 29.0 Å². The van der Waals surface area contributed by atoms with Crippen molar-refractivity contribution >= 4 is 75.8 Å². The molecular weight excluding hydrogens is 567 g/mol. The van der Waals surface area contributed by atoms with Crippen LogP contribution in [0, 0.1) is 20.2 Å². The van der Waals surface area contributed by atoms with E-state index < -0.39 is 44.6 Å². The number of hydrogen-bond donors (Lipinski definition) is 1. The van der Waals surface area contributed by atoms with Crippen molar-refractivity contribution in [3.63, 3.8) is 0 Å². The van der Waals surface area contributed by atoms with Gasteiger partial charge in [-0.05, 0) is 42.0 Å². The maximum Gasteiger partial charge on any atom is 0.335 e. The SMILES string of the molecule is O=C1NC(=O)N(c2ccccc2Cl)C(=O)/C1=C/c1cc(Cl)c(Oc2ccc([N+](=O)[O-])cc2[N+](=O)[O-])c(Cl)c1. The van der Waals surface area contributed by atoms with Gasteiger partial charge in [-0.15, -0.1) is 0 Å². The summed E-state index contributed by atoms with van der Waals surface area (Å²) in [4.78, 5) is 59.3. The quantitative estimate of drug-likeness (QED) is 0.163. The maximum absolute atomic E-state index is 13.1. The van der Waals surface area contributed by atoms with Crippen LogP contribution in [0.1, 0.15) is 5.56 Å². The lowest BCUT2D eigenvalue weighted by Crippen LogP contribution is -2.54. The number of hydrogen-bond acceptors (Lipinski definition) is 8. The summed E-state index contributed by atoms with van der Waals surface area (Å²) in [7, 11) is 0. The number of nitrogens with one attached hydrogen (secondary N) is 1. The van der Waals surface area contributed by atoms with E-state index in [1.165, 1.54) is 24.3 Å². The van der Waals surface area contributed by atoms with E-state index in [2.05, 4.69) is 5.32 Å². The molecule has 0 saturated carbocycles. The van der Waals surface area contributed by atoms with Crippen LogP contribution >= 0.6 is 34.8 Å². The number of nitro benzene ring substituents is 2. The zero-order valence-electron chi connectivity index (χ0n) is 18.5. The molecule has 4 amide bonds. The second kappa shape index (κ2) is 10.5. The Hall–Kier alpha value is -4.52. The van der Waals surface area contributed by atoms with Crippen LogP contribution in [0.25, 0.3) is 6.08 Å². The molecule has 0 unspecified atom stereocenters. The largest absolute Gasteiger partial charge is 0.447 e. The van der Waals surface area contributed by atoms with Gasteiger partial charge in [0.2, 0.25) is 5.75 Å². The number of barbiturate groups is 1. The summed E-state index contributed by atoms with van der Waals surface area (Å²) in [6.45, 7) is 0. The van der Waals surface area contributed by atoms with Gasteiger partial charge in [-0.25, -0.2) is 9.69 Å². The standard InChI is InChI=1S/C23H11Cl3N4O8/c24-14-3-1-2-4-17(14)28-22(32)13(21(31)27-23(28)33)7-11-8-15(25)20(16(26)9-11)38-19-6-5-12(29(34)35)10-18(19)30(36)37/h1-10H,(H,27,31,33)/b13-7+. The van der Waals surface area contributed by atoms with Gasteiger partial charge < -0.3 is 4.74 Å². The Morgan fingerprint density at radius 2 is 1.53 bits per heavy atom. The van der Waals surface area contributed by atoms with E-state index in [-0.39, 0.29) is 37.8 Å². The Labute approximate surface area is 227 Å². The topological polar surface area (TPSA) is 162 Å². The van der Waals surface area contributed by atoms with Crippen LogP contribution in [-0.4, -0.2) is 27.7 Å². The summed E-state index contributed by atoms with van der Waals surface area (Å²) in [5, 5.41) is 24.2. The number of nitrogens with zero attached hydrogens (tertiary/aromatic N) is 3. The van der Waals surface area contributed by atoms with Crippen molar-refractivity contribution in [2.75, 3.05) is 4.90 Å². The van der Waals surface area contributed by atoms with Crippen molar-refractivity contribution in [2.45, 2.75) is 0 Å². The van der Waals surface area contributed by atoms with Gasteiger partial charge in [0.15, 0.2) is 5.75 Å². The first-order valence-corrected chi connectivity index (χ1v) is 11.4. The van der Waals surface area contributed by atoms with E-state index in [9.17, 15) is 34.6 Å². The number of para-hydroxylation sites is 1. The molecule has 1 aliphatic heterocycles. The molecule has 15 heteroatoms. The van der Waals surface area contributed by atoms with Gasteiger partial charge in [0, 0.05) is 6.07 Å². The minimum atomic E-state index is -0.991. The van der Waals surface area contributed by atoms with Gasteiger partial charge in [0.1, 0.15) is 5.57 Å². The summed E-state index contributed by atoms with van der Waals surface area (Å²) in [5.41, 5.74) is -1.46. The normalized spacial score (nSPS) is 14.4. The predicted octanol–water partition coefficient (Wildman–Crippen LogP) is 5.92. The number of anilines is 1. The summed E-state index contributed by atoms with van der Waals surface area (Å²) >= 11 is 18.7. The smallest absolute Gasteiger partial charge is 0.335 e. The Balaban J connectivity index is 1.69. The summed E-state index contributed by atoms with van der Waals surface area (Å²) in [6.07, 6.45) is 1.13. The fourth-order valence-electron chi connectivity index (χ4n) is 3.39. The molecule has 12 nitrogen and oxygen atoms in total. The molecule has 0 bridgehead atoms. The van der Waals surface area contributed by atoms with Crippen molar-refractivity contribution in [1.82, 2.24) is 5.32 Å². The third-order valence-electron chi connectivity index (χ3n) is 5.09. The van der Waals surface area contributed by atoms with Crippen LogP contribution in [0.5, 0.6) is 11.5 Å². The van der Waals surface area contributed by atoms with E-state index in [0.717, 1.165) is 24.3 Å². The molecule has 1 fully saturated rings. The molecule has 1 heterocycles. The van der Waals surface area contributed by atoms with Crippen molar-refractivity contribution in [3.05, 3.63) is 101 Å². The molecule has 192 valence electrons. The maximum atomic E-state index is 13.1. The fourth-order valence-corrected chi connectivity index (χ4v) is 4.20. The fraction of sp³-hybridized carbons (Fsp3) is 0. The molecule has 0 aromatic heterocycles. The third-order valence-corrected chi connectivity index (χ3v) is 5.97. The Kier molecular flexibility index (Phi) is 7.30. The van der Waals surface area contributed by atoms with Crippen LogP contribution in [0.3, 0.4) is 0 Å². The first-order valence-electron chi connectivity index (χ1n) is 10.2. The van der Waals surface area contributed by atoms with Gasteiger partial charge in [-0.1, -0.05) is 46.9 Å². The van der Waals surface area contributed by atoms with Crippen molar-refractivity contribution in [1.29, 1.82) is 0 Å². The highest BCUT2D eigenvalue weighted by Gasteiger charge is 2.37. The molecule has 0 atom stereocenters. The van der Waals surface area contributed by atoms with E-state index in [0.29, 0.717) is 4.90 Å². The number of benzene rings is 3. The monoisotopic (exact) mass is 576 g/mol. The number of nitro groups is 2. The van der Waals surface area contributed by atoms with Crippen LogP contribution in [0.15, 0.2) is 60.2 Å². The van der Waals surface area contributed by atoms with Crippen molar-refractivity contribution in [2.24, 2.45) is 0 Å². The molecule has 1 saturated heterocycles. The molecule has 0 aliphatic carbocycles. The number of carbonyl (C=O) groups excluding carboxylic acids is 3. The molecule has 1 aliphatic rings. The molecule has 3 aromatic carbocycles. The highest BCUT2D eigenvalue weighted by atomic mass is 35.5. The van der Waals surface area contributed by atoms with Crippen LogP contribution < -0.4 is 15.0 Å². The average Bonchev–Trinajstić information content (AvgIpc) is 2.85. The number of carbonyl (C=O) groups is 3. The lowest BCUT2D eigenvalue weighted by Gasteiger charge is -2.27. The van der Waals surface area contributed by atoms with Crippen LogP contribution in [0.2, 0.25) is 15.1 Å². The summed E-state index contributed by atoms with van der Waals surface area (Å²) in [6, 6.07) is 10.3. The van der Waals surface area contributed by atoms with Gasteiger partial charge in [0.25, 0.3) is 17.5 Å². The van der Waals surface area contributed by atoms with Gasteiger partial charge >= 0.3 is 11.7 Å². The Bertz CT molecular complexity index is 1570. The number of non-ortho nitro benzene ring substituents is 1. The van der Waals surface area contributed by atoms with E-state index in [1.54, 1.807) is 12.1 Å². The predicted molar refractivity (Wildman–Crippen MR) is 137 cm³/mol. The van der Waals surface area contributed by atoms with E-state index in [1.807, 2.05) is 0 Å². The lowest BCUT2D eigenvalue weighted by atomic mass is 10.1. The molecule has 38 heavy (non-hydrogen) atoms. The minimum Gasteiger partial charge on any atom is -0.447 e. The molecule has 1 N–H and O–H groups in total. The molecule has 0 radical (unpaired) electrons. The highest BCUT2D eigenvalue weighted by molar-refractivity contribution is 6.42. The van der Waals surface area contributed by atoms with Crippen LogP contribution in [-0.2, 0) is 9.59 Å². The molecular formula is C23H11Cl3N4O8. The Morgan fingerprint density at radius 1 is 0.868 bits per heavy atom. The Morgan fingerprint density at radius 3 is 2.13 bits per heavy atom. The number of amides is 4. The zero-order valence-corrected chi connectivity index (χ0v) is 20.8. The molecule has 4 rings (SSSR count). The first kappa shape index (κ1) is 26.5. The van der Waals surface area contributed by atoms with Crippen molar-refractivity contribution in [3.8, 4) is 11.5 Å². The second-order valence-corrected chi connectivity index (χ2v) is 8.71. The summed E-state index contributed by atoms with van der Waals surface area (Å²) < 4.78 is 5.49. The molecule has 0 spiro atoms. The average molecular weight is 578 g/mol. The lowest BCUT2D eigenvalue weighted by molar-refractivity contribution is -0.394. The zero-order chi connectivity index (χ0) is 27.7. The summed E-state index contributed by atoms with van der Waals surface area (Å²) in [5.74, 6) is -2.52. The first-order chi connectivity index (χ1) is 18.0. The van der Waals surface area contributed by atoms with Gasteiger partial charge in [0.05, 0.1) is 36.7 Å². The van der Waals surface area contributed by atoms with Gasteiger partial charge in [-0.3, -0.25) is 35.1 Å². The number of ether oxygens (including phenoxy) is 1. The third kappa shape index (κ3) is 5.13. The number of urea groups is 1. The number of halogens is 3.